The van der Waals surface area contributed by atoms with Crippen LogP contribution >= 0.6 is 0 Å². The quantitative estimate of drug-likeness (QED) is 0.779. The van der Waals surface area contributed by atoms with E-state index in [1.807, 2.05) is 6.07 Å². The predicted octanol–water partition coefficient (Wildman–Crippen LogP) is 1.42. The van der Waals surface area contributed by atoms with Crippen LogP contribution in [0.2, 0.25) is 0 Å². The van der Waals surface area contributed by atoms with E-state index in [9.17, 15) is 4.39 Å². The van der Waals surface area contributed by atoms with Gasteiger partial charge in [0, 0.05) is 25.8 Å². The maximum atomic E-state index is 13.6. The maximum absolute atomic E-state index is 13.6. The van der Waals surface area contributed by atoms with Gasteiger partial charge in [0.2, 0.25) is 0 Å². The Morgan fingerprint density at radius 1 is 1.62 bits per heavy atom. The Labute approximate surface area is 94.5 Å². The van der Waals surface area contributed by atoms with Gasteiger partial charge in [-0.05, 0) is 19.4 Å². The van der Waals surface area contributed by atoms with E-state index in [-0.39, 0.29) is 0 Å². The lowest BCUT2D eigenvalue weighted by Crippen LogP contribution is -2.26. The molecule has 0 spiro atoms. The van der Waals surface area contributed by atoms with Gasteiger partial charge < -0.3 is 4.74 Å². The van der Waals surface area contributed by atoms with E-state index >= 15 is 0 Å². The third kappa shape index (κ3) is 2.66. The molecular weight excluding hydrogens is 209 g/mol. The van der Waals surface area contributed by atoms with Crippen LogP contribution < -0.4 is 4.74 Å². The molecule has 0 aliphatic carbocycles. The first-order valence-electron chi connectivity index (χ1n) is 5.36. The van der Waals surface area contributed by atoms with Crippen LogP contribution in [-0.4, -0.2) is 40.7 Å². The lowest BCUT2D eigenvalue weighted by atomic mass is 10.1. The summed E-state index contributed by atoms with van der Waals surface area (Å²) in [7, 11) is 1.54. The Balaban J connectivity index is 1.99. The van der Waals surface area contributed by atoms with E-state index in [2.05, 4.69) is 14.9 Å². The van der Waals surface area contributed by atoms with E-state index in [1.54, 1.807) is 13.1 Å². The number of alkyl halides is 1. The minimum atomic E-state index is -1.06. The van der Waals surface area contributed by atoms with Crippen molar-refractivity contribution in [2.75, 3.05) is 20.2 Å². The molecule has 88 valence electrons. The number of halogens is 1. The fraction of sp³-hybridized carbons (Fsp3) is 0.636. The average Bonchev–Trinajstić information content (AvgIpc) is 2.58. The zero-order valence-corrected chi connectivity index (χ0v) is 9.61. The molecule has 0 N–H and O–H groups in total. The number of methoxy groups -OCH3 is 1. The number of likely N-dealkylation sites (tertiary alicyclic amines) is 1. The number of rotatable bonds is 3. The molecule has 16 heavy (non-hydrogen) atoms. The van der Waals surface area contributed by atoms with Gasteiger partial charge in [-0.3, -0.25) is 4.90 Å². The van der Waals surface area contributed by atoms with Crippen molar-refractivity contribution in [3.8, 4) is 6.01 Å². The highest BCUT2D eigenvalue weighted by molar-refractivity contribution is 5.06. The second kappa shape index (κ2) is 4.33. The number of nitrogens with zero attached hydrogens (tertiary/aromatic N) is 3. The van der Waals surface area contributed by atoms with Crippen LogP contribution in [-0.2, 0) is 6.54 Å². The molecule has 1 saturated heterocycles. The Bertz CT molecular complexity index is 370. The minimum Gasteiger partial charge on any atom is -0.467 e. The maximum Gasteiger partial charge on any atom is 0.316 e. The first kappa shape index (κ1) is 11.3. The minimum absolute atomic E-state index is 0.361. The molecule has 1 aromatic rings. The Morgan fingerprint density at radius 3 is 3.06 bits per heavy atom. The molecule has 4 nitrogen and oxygen atoms in total. The molecule has 1 aliphatic heterocycles. The summed E-state index contributed by atoms with van der Waals surface area (Å²) in [6.45, 7) is 3.55. The van der Waals surface area contributed by atoms with Gasteiger partial charge in [0.05, 0.1) is 12.8 Å². The molecule has 5 heteroatoms. The summed E-state index contributed by atoms with van der Waals surface area (Å²) in [5.41, 5.74) is -0.193. The Hall–Kier alpha value is -1.23. The topological polar surface area (TPSA) is 38.2 Å². The van der Waals surface area contributed by atoms with Gasteiger partial charge in [0.1, 0.15) is 5.67 Å². The van der Waals surface area contributed by atoms with Crippen molar-refractivity contribution in [3.05, 3.63) is 18.0 Å². The van der Waals surface area contributed by atoms with Gasteiger partial charge in [-0.1, -0.05) is 0 Å². The summed E-state index contributed by atoms with van der Waals surface area (Å²) >= 11 is 0. The molecule has 2 rings (SSSR count). The molecule has 1 unspecified atom stereocenters. The van der Waals surface area contributed by atoms with Crippen molar-refractivity contribution in [2.45, 2.75) is 25.6 Å². The summed E-state index contributed by atoms with van der Waals surface area (Å²) in [5.74, 6) is 0. The molecule has 2 heterocycles. The van der Waals surface area contributed by atoms with Gasteiger partial charge in [-0.25, -0.2) is 9.37 Å². The zero-order chi connectivity index (χ0) is 11.6. The lowest BCUT2D eigenvalue weighted by molar-refractivity contribution is 0.185. The molecule has 1 aliphatic rings. The number of hydrogen-bond donors (Lipinski definition) is 0. The molecule has 1 aromatic heterocycles. The van der Waals surface area contributed by atoms with Crippen molar-refractivity contribution in [3.63, 3.8) is 0 Å². The highest BCUT2D eigenvalue weighted by Crippen LogP contribution is 2.25. The largest absolute Gasteiger partial charge is 0.467 e. The van der Waals surface area contributed by atoms with Gasteiger partial charge in [0.25, 0.3) is 0 Å². The van der Waals surface area contributed by atoms with E-state index in [1.165, 1.54) is 7.11 Å². The predicted molar refractivity (Wildman–Crippen MR) is 58.0 cm³/mol. The lowest BCUT2D eigenvalue weighted by Gasteiger charge is -2.16. The van der Waals surface area contributed by atoms with Crippen LogP contribution in [0.3, 0.4) is 0 Å². The first-order valence-corrected chi connectivity index (χ1v) is 5.36. The second-order valence-corrected chi connectivity index (χ2v) is 4.41. The molecular formula is C11H16FN3O. The molecule has 0 bridgehead atoms. The van der Waals surface area contributed by atoms with Crippen molar-refractivity contribution >= 4 is 0 Å². The zero-order valence-electron chi connectivity index (χ0n) is 9.61. The van der Waals surface area contributed by atoms with E-state index in [0.717, 1.165) is 12.2 Å². The fourth-order valence-electron chi connectivity index (χ4n) is 1.94. The molecule has 0 saturated carbocycles. The van der Waals surface area contributed by atoms with Crippen LogP contribution in [0.1, 0.15) is 19.0 Å². The van der Waals surface area contributed by atoms with Crippen LogP contribution in [0.4, 0.5) is 4.39 Å². The van der Waals surface area contributed by atoms with E-state index in [4.69, 9.17) is 4.74 Å². The van der Waals surface area contributed by atoms with Crippen LogP contribution in [0.5, 0.6) is 6.01 Å². The van der Waals surface area contributed by atoms with Crippen molar-refractivity contribution in [1.82, 2.24) is 14.9 Å². The monoisotopic (exact) mass is 225 g/mol. The SMILES string of the molecule is COc1nccc(CN2CCC(C)(F)C2)n1. The molecule has 0 radical (unpaired) electrons. The standard InChI is InChI=1S/C11H16FN3O/c1-11(12)4-6-15(8-11)7-9-3-5-13-10(14-9)16-2/h3,5H,4,6-8H2,1-2H3. The van der Waals surface area contributed by atoms with Crippen LogP contribution in [0, 0.1) is 0 Å². The normalized spacial score (nSPS) is 25.9. The van der Waals surface area contributed by atoms with Gasteiger partial charge >= 0.3 is 6.01 Å². The van der Waals surface area contributed by atoms with Crippen LogP contribution in [0.15, 0.2) is 12.3 Å². The van der Waals surface area contributed by atoms with Crippen molar-refractivity contribution < 1.29 is 9.13 Å². The summed E-state index contributed by atoms with van der Waals surface area (Å²) in [6.07, 6.45) is 2.25. The third-order valence-electron chi connectivity index (χ3n) is 2.76. The van der Waals surface area contributed by atoms with E-state index < -0.39 is 5.67 Å². The highest BCUT2D eigenvalue weighted by atomic mass is 19.1. The van der Waals surface area contributed by atoms with Crippen molar-refractivity contribution in [2.24, 2.45) is 0 Å². The summed E-state index contributed by atoms with van der Waals surface area (Å²) in [6, 6.07) is 2.19. The molecule has 1 fully saturated rings. The fourth-order valence-corrected chi connectivity index (χ4v) is 1.94. The number of hydrogen-bond acceptors (Lipinski definition) is 4. The van der Waals surface area contributed by atoms with Gasteiger partial charge in [-0.15, -0.1) is 0 Å². The van der Waals surface area contributed by atoms with Crippen molar-refractivity contribution in [1.29, 1.82) is 0 Å². The van der Waals surface area contributed by atoms with Gasteiger partial charge in [0.15, 0.2) is 0 Å². The van der Waals surface area contributed by atoms with Crippen LogP contribution in [0.25, 0.3) is 0 Å². The molecule has 1 atom stereocenters. The Morgan fingerprint density at radius 2 is 2.44 bits per heavy atom. The summed E-state index contributed by atoms with van der Waals surface area (Å²) in [5, 5.41) is 0. The van der Waals surface area contributed by atoms with E-state index in [0.29, 0.717) is 25.5 Å². The molecule has 0 aromatic carbocycles. The smallest absolute Gasteiger partial charge is 0.316 e. The highest BCUT2D eigenvalue weighted by Gasteiger charge is 2.33. The third-order valence-corrected chi connectivity index (χ3v) is 2.76. The second-order valence-electron chi connectivity index (χ2n) is 4.41. The Kier molecular flexibility index (Phi) is 3.05. The number of ether oxygens (including phenoxy) is 1. The summed E-state index contributed by atoms with van der Waals surface area (Å²) in [4.78, 5) is 10.2. The van der Waals surface area contributed by atoms with Gasteiger partial charge in [-0.2, -0.15) is 4.98 Å². The molecule has 0 amide bonds. The number of aromatic nitrogens is 2. The average molecular weight is 225 g/mol. The first-order chi connectivity index (χ1) is 7.59. The summed E-state index contributed by atoms with van der Waals surface area (Å²) < 4.78 is 18.6.